The van der Waals surface area contributed by atoms with E-state index in [1.54, 1.807) is 0 Å². The number of nitrogens with zero attached hydrogens (tertiary/aromatic N) is 4. The van der Waals surface area contributed by atoms with Gasteiger partial charge in [0.05, 0.1) is 0 Å². The fraction of sp³-hybridized carbons (Fsp3) is 0. The minimum atomic E-state index is 0.620. The van der Waals surface area contributed by atoms with Crippen molar-refractivity contribution in [2.24, 2.45) is 0 Å². The van der Waals surface area contributed by atoms with Gasteiger partial charge in [-0.15, -0.1) is 0 Å². The summed E-state index contributed by atoms with van der Waals surface area (Å²) in [5.74, 6) is 1.89. The molecule has 0 bridgehead atoms. The second-order valence-electron chi connectivity index (χ2n) is 11.9. The van der Waals surface area contributed by atoms with E-state index in [0.29, 0.717) is 17.5 Å². The summed E-state index contributed by atoms with van der Waals surface area (Å²) >= 11 is 0. The van der Waals surface area contributed by atoms with Crippen LogP contribution in [0.2, 0.25) is 0 Å². The van der Waals surface area contributed by atoms with Crippen LogP contribution in [0.5, 0.6) is 0 Å². The molecule has 0 fully saturated rings. The van der Waals surface area contributed by atoms with Crippen molar-refractivity contribution in [1.82, 2.24) is 19.9 Å². The summed E-state index contributed by atoms with van der Waals surface area (Å²) < 4.78 is 0. The van der Waals surface area contributed by atoms with Gasteiger partial charge in [0.2, 0.25) is 0 Å². The molecule has 0 unspecified atom stereocenters. The van der Waals surface area contributed by atoms with E-state index < -0.39 is 0 Å². The van der Waals surface area contributed by atoms with Gasteiger partial charge in [-0.2, -0.15) is 0 Å². The Morgan fingerprint density at radius 2 is 0.854 bits per heavy atom. The minimum absolute atomic E-state index is 0.620. The van der Waals surface area contributed by atoms with Crippen molar-refractivity contribution in [3.05, 3.63) is 170 Å². The number of hydrogen-bond donors (Lipinski definition) is 0. The zero-order valence-electron chi connectivity index (χ0n) is 26.0. The van der Waals surface area contributed by atoms with Crippen molar-refractivity contribution < 1.29 is 0 Å². The van der Waals surface area contributed by atoms with E-state index in [9.17, 15) is 0 Å². The first-order chi connectivity index (χ1) is 23.8. The maximum Gasteiger partial charge on any atom is 0.164 e. The van der Waals surface area contributed by atoms with Crippen LogP contribution >= 0.6 is 0 Å². The first-order valence-electron chi connectivity index (χ1n) is 16.0. The van der Waals surface area contributed by atoms with Gasteiger partial charge < -0.3 is 0 Å². The quantitative estimate of drug-likeness (QED) is 0.181. The predicted molar refractivity (Wildman–Crippen MR) is 197 cm³/mol. The SMILES string of the molecule is c1ccc(-c2nc(-c3ccccc3)nc(-c3cc(-c4cccc5ccncc45)cc(-c4cc5ccccc5c5ccccc45)c3)n2)cc1. The van der Waals surface area contributed by atoms with Crippen molar-refractivity contribution in [2.45, 2.75) is 0 Å². The molecule has 9 aromatic rings. The highest BCUT2D eigenvalue weighted by molar-refractivity contribution is 6.14. The van der Waals surface area contributed by atoms with Crippen LogP contribution < -0.4 is 0 Å². The normalized spacial score (nSPS) is 11.3. The number of rotatable bonds is 5. The standard InChI is InChI=1S/C44H28N4/c1-3-12-30(13-4-1)42-46-43(31-14-5-2-6-15-31)48-44(47-42)35-25-33(37-21-11-17-29-22-23-45-28-41(29)37)24-34(26-35)40-27-32-16-7-8-18-36(32)38-19-9-10-20-39(38)40/h1-28H. The molecule has 0 saturated heterocycles. The van der Waals surface area contributed by atoms with Crippen molar-refractivity contribution in [2.75, 3.05) is 0 Å². The van der Waals surface area contributed by atoms with Crippen LogP contribution in [-0.4, -0.2) is 19.9 Å². The summed E-state index contributed by atoms with van der Waals surface area (Å²) in [4.78, 5) is 19.7. The second kappa shape index (κ2) is 11.7. The smallest absolute Gasteiger partial charge is 0.164 e. The molecule has 48 heavy (non-hydrogen) atoms. The topological polar surface area (TPSA) is 51.6 Å². The van der Waals surface area contributed by atoms with Crippen LogP contribution in [0.25, 0.3) is 88.7 Å². The maximum absolute atomic E-state index is 5.11. The van der Waals surface area contributed by atoms with Crippen molar-refractivity contribution in [3.63, 3.8) is 0 Å². The molecule has 9 rings (SSSR count). The highest BCUT2D eigenvalue weighted by Gasteiger charge is 2.17. The van der Waals surface area contributed by atoms with Crippen LogP contribution in [0, 0.1) is 0 Å². The Labute approximate surface area is 278 Å². The fourth-order valence-electron chi connectivity index (χ4n) is 6.66. The molecule has 4 heteroatoms. The third-order valence-electron chi connectivity index (χ3n) is 8.96. The average molecular weight is 613 g/mol. The molecule has 0 atom stereocenters. The lowest BCUT2D eigenvalue weighted by molar-refractivity contribution is 1.07. The van der Waals surface area contributed by atoms with E-state index in [4.69, 9.17) is 15.0 Å². The van der Waals surface area contributed by atoms with Gasteiger partial charge >= 0.3 is 0 Å². The molecule has 0 saturated carbocycles. The van der Waals surface area contributed by atoms with Gasteiger partial charge in [0.1, 0.15) is 0 Å². The minimum Gasteiger partial charge on any atom is -0.264 e. The lowest BCUT2D eigenvalue weighted by atomic mass is 9.89. The third-order valence-corrected chi connectivity index (χ3v) is 8.96. The molecule has 224 valence electrons. The van der Waals surface area contributed by atoms with Crippen LogP contribution in [0.15, 0.2) is 170 Å². The van der Waals surface area contributed by atoms with Gasteiger partial charge in [0.25, 0.3) is 0 Å². The van der Waals surface area contributed by atoms with E-state index >= 15 is 0 Å². The first-order valence-corrected chi connectivity index (χ1v) is 16.0. The number of benzene rings is 7. The Bertz CT molecular complexity index is 2550. The number of aromatic nitrogens is 4. The molecule has 0 spiro atoms. The molecule has 0 N–H and O–H groups in total. The average Bonchev–Trinajstić information content (AvgIpc) is 3.17. The third kappa shape index (κ3) is 4.97. The van der Waals surface area contributed by atoms with Crippen LogP contribution in [-0.2, 0) is 0 Å². The van der Waals surface area contributed by atoms with E-state index in [1.807, 2.05) is 73.1 Å². The van der Waals surface area contributed by atoms with Gasteiger partial charge in [0, 0.05) is 34.5 Å². The molecule has 4 nitrogen and oxygen atoms in total. The first kappa shape index (κ1) is 27.8. The predicted octanol–water partition coefficient (Wildman–Crippen LogP) is 11.1. The summed E-state index contributed by atoms with van der Waals surface area (Å²) in [6.45, 7) is 0. The van der Waals surface area contributed by atoms with Crippen molar-refractivity contribution in [1.29, 1.82) is 0 Å². The summed E-state index contributed by atoms with van der Waals surface area (Å²) in [5, 5.41) is 7.10. The lowest BCUT2D eigenvalue weighted by Crippen LogP contribution is -2.00. The van der Waals surface area contributed by atoms with Crippen molar-refractivity contribution >= 4 is 32.3 Å². The molecule has 0 radical (unpaired) electrons. The van der Waals surface area contributed by atoms with Gasteiger partial charge in [-0.1, -0.05) is 127 Å². The fourth-order valence-corrected chi connectivity index (χ4v) is 6.66. The van der Waals surface area contributed by atoms with Crippen LogP contribution in [0.4, 0.5) is 0 Å². The van der Waals surface area contributed by atoms with Gasteiger partial charge in [-0.05, 0) is 79.5 Å². The summed E-state index contributed by atoms with van der Waals surface area (Å²) in [6.07, 6.45) is 3.79. The van der Waals surface area contributed by atoms with Crippen LogP contribution in [0.1, 0.15) is 0 Å². The molecule has 0 aliphatic rings. The molecular formula is C44H28N4. The summed E-state index contributed by atoms with van der Waals surface area (Å²) in [6, 6.07) is 55.0. The lowest BCUT2D eigenvalue weighted by Gasteiger charge is -2.15. The van der Waals surface area contributed by atoms with E-state index in [-0.39, 0.29) is 0 Å². The molecule has 7 aromatic carbocycles. The zero-order valence-corrected chi connectivity index (χ0v) is 26.0. The maximum atomic E-state index is 5.11. The molecule has 2 heterocycles. The second-order valence-corrected chi connectivity index (χ2v) is 11.9. The highest BCUT2D eigenvalue weighted by Crippen LogP contribution is 2.40. The number of hydrogen-bond acceptors (Lipinski definition) is 4. The molecule has 0 amide bonds. The van der Waals surface area contributed by atoms with E-state index in [0.717, 1.165) is 49.7 Å². The number of fused-ring (bicyclic) bond motifs is 4. The Morgan fingerprint density at radius 1 is 0.312 bits per heavy atom. The Balaban J connectivity index is 1.35. The van der Waals surface area contributed by atoms with E-state index in [1.165, 1.54) is 21.5 Å². The van der Waals surface area contributed by atoms with Crippen LogP contribution in [0.3, 0.4) is 0 Å². The largest absolute Gasteiger partial charge is 0.264 e. The van der Waals surface area contributed by atoms with Gasteiger partial charge in [-0.25, -0.2) is 15.0 Å². The Morgan fingerprint density at radius 3 is 1.56 bits per heavy atom. The monoisotopic (exact) mass is 612 g/mol. The zero-order chi connectivity index (χ0) is 31.9. The summed E-state index contributed by atoms with van der Waals surface area (Å²) in [5.41, 5.74) is 7.22. The molecular weight excluding hydrogens is 585 g/mol. The Hall–Kier alpha value is -6.52. The number of pyridine rings is 1. The molecule has 2 aromatic heterocycles. The van der Waals surface area contributed by atoms with Crippen molar-refractivity contribution in [3.8, 4) is 56.4 Å². The van der Waals surface area contributed by atoms with Gasteiger partial charge in [-0.3, -0.25) is 4.98 Å². The highest BCUT2D eigenvalue weighted by atomic mass is 15.0. The Kier molecular flexibility index (Phi) is 6.76. The molecule has 0 aliphatic heterocycles. The molecule has 0 aliphatic carbocycles. The summed E-state index contributed by atoms with van der Waals surface area (Å²) in [7, 11) is 0. The van der Waals surface area contributed by atoms with E-state index in [2.05, 4.69) is 102 Å². The van der Waals surface area contributed by atoms with Gasteiger partial charge in [0.15, 0.2) is 17.5 Å².